The summed E-state index contributed by atoms with van der Waals surface area (Å²) in [6.45, 7) is 1.11. The normalized spacial score (nSPS) is 26.1. The van der Waals surface area contributed by atoms with Crippen molar-refractivity contribution in [2.45, 2.75) is 44.2 Å². The number of H-pyrrole nitrogens is 1. The summed E-state index contributed by atoms with van der Waals surface area (Å²) in [5, 5.41) is 17.9. The van der Waals surface area contributed by atoms with Gasteiger partial charge in [-0.3, -0.25) is 4.79 Å². The highest BCUT2D eigenvalue weighted by Gasteiger charge is 2.29. The molecular formula is C16H20ClN5O3. The number of nitrogens with zero attached hydrogens (tertiary/aromatic N) is 3. The first-order valence-electron chi connectivity index (χ1n) is 8.41. The molecular weight excluding hydrogens is 346 g/mol. The van der Waals surface area contributed by atoms with Crippen molar-refractivity contribution in [3.8, 4) is 6.07 Å². The summed E-state index contributed by atoms with van der Waals surface area (Å²) in [5.74, 6) is 0.102. The summed E-state index contributed by atoms with van der Waals surface area (Å²) < 4.78 is 5.48. The minimum Gasteiger partial charge on any atom is -0.444 e. The van der Waals surface area contributed by atoms with Gasteiger partial charge in [-0.25, -0.2) is 9.89 Å². The zero-order valence-electron chi connectivity index (χ0n) is 13.7. The number of alkyl carbamates (subject to hydrolysis) is 1. The number of aromatic amines is 1. The fourth-order valence-electron chi connectivity index (χ4n) is 3.36. The summed E-state index contributed by atoms with van der Waals surface area (Å²) in [4.78, 5) is 25.5. The third-order valence-corrected chi connectivity index (χ3v) is 5.13. The number of amides is 1. The van der Waals surface area contributed by atoms with E-state index in [2.05, 4.69) is 21.6 Å². The molecule has 1 aliphatic heterocycles. The van der Waals surface area contributed by atoms with Gasteiger partial charge in [0.2, 0.25) is 0 Å². The molecule has 2 heterocycles. The van der Waals surface area contributed by atoms with Crippen LogP contribution in [0.3, 0.4) is 0 Å². The molecule has 134 valence electrons. The Bertz CT molecular complexity index is 723. The van der Waals surface area contributed by atoms with Crippen LogP contribution in [0.5, 0.6) is 0 Å². The minimum absolute atomic E-state index is 0.0703. The highest BCUT2D eigenvalue weighted by Crippen LogP contribution is 2.26. The van der Waals surface area contributed by atoms with Gasteiger partial charge in [-0.05, 0) is 25.7 Å². The van der Waals surface area contributed by atoms with Crippen LogP contribution in [0.25, 0.3) is 0 Å². The van der Waals surface area contributed by atoms with Gasteiger partial charge in [0.15, 0.2) is 0 Å². The molecule has 2 fully saturated rings. The lowest BCUT2D eigenvalue weighted by Crippen LogP contribution is -2.39. The Balaban J connectivity index is 1.48. The largest absolute Gasteiger partial charge is 0.444 e. The van der Waals surface area contributed by atoms with Gasteiger partial charge in [0.05, 0.1) is 24.5 Å². The van der Waals surface area contributed by atoms with Crippen LogP contribution in [0.4, 0.5) is 10.5 Å². The first kappa shape index (κ1) is 17.5. The van der Waals surface area contributed by atoms with Crippen LogP contribution >= 0.6 is 11.6 Å². The third kappa shape index (κ3) is 4.23. The summed E-state index contributed by atoms with van der Waals surface area (Å²) >= 11 is 6.01. The Morgan fingerprint density at radius 1 is 1.40 bits per heavy atom. The molecule has 25 heavy (non-hydrogen) atoms. The maximum Gasteiger partial charge on any atom is 0.407 e. The van der Waals surface area contributed by atoms with Gasteiger partial charge in [0, 0.05) is 24.9 Å². The molecule has 0 bridgehead atoms. The second-order valence-electron chi connectivity index (χ2n) is 6.48. The third-order valence-electron chi connectivity index (χ3n) is 4.77. The molecule has 1 amide bonds. The highest BCUT2D eigenvalue weighted by atomic mass is 35.5. The fraction of sp³-hybridized carbons (Fsp3) is 0.625. The van der Waals surface area contributed by atoms with Gasteiger partial charge >= 0.3 is 6.09 Å². The van der Waals surface area contributed by atoms with Gasteiger partial charge in [-0.2, -0.15) is 10.4 Å². The Labute approximate surface area is 150 Å². The molecule has 1 saturated carbocycles. The minimum atomic E-state index is -0.436. The lowest BCUT2D eigenvalue weighted by atomic mass is 9.87. The fourth-order valence-corrected chi connectivity index (χ4v) is 3.57. The number of carbonyl (C=O) groups excluding carboxylic acids is 1. The molecule has 0 spiro atoms. The van der Waals surface area contributed by atoms with Gasteiger partial charge in [0.25, 0.3) is 5.56 Å². The van der Waals surface area contributed by atoms with Gasteiger partial charge in [-0.15, -0.1) is 0 Å². The standard InChI is InChI=1S/C16H20ClN5O3/c17-14-13(8-19-21-15(14)23)22-6-5-12(9-22)25-16(24)20-11-3-1-10(7-18)2-4-11/h8,10-12H,1-6,9H2,(H,20,24)(H,21,23)/t10-,11-,12-/m1/s1. The lowest BCUT2D eigenvalue weighted by molar-refractivity contribution is 0.102. The molecule has 2 aliphatic rings. The van der Waals surface area contributed by atoms with Crippen LogP contribution in [0.15, 0.2) is 11.0 Å². The van der Waals surface area contributed by atoms with Crippen molar-refractivity contribution in [2.75, 3.05) is 18.0 Å². The summed E-state index contributed by atoms with van der Waals surface area (Å²) in [7, 11) is 0. The second kappa shape index (κ2) is 7.74. The molecule has 1 atom stereocenters. The Kier molecular flexibility index (Phi) is 5.43. The maximum atomic E-state index is 12.1. The molecule has 1 aromatic rings. The van der Waals surface area contributed by atoms with E-state index >= 15 is 0 Å². The molecule has 0 unspecified atom stereocenters. The highest BCUT2D eigenvalue weighted by molar-refractivity contribution is 6.33. The van der Waals surface area contributed by atoms with Crippen LogP contribution in [-0.4, -0.2) is 41.5 Å². The first-order chi connectivity index (χ1) is 12.1. The number of anilines is 1. The van der Waals surface area contributed by atoms with E-state index in [-0.39, 0.29) is 23.1 Å². The SMILES string of the molecule is N#C[C@H]1CC[C@H](NC(=O)O[C@@H]2CCN(c3cn[nH]c(=O)c3Cl)C2)CC1. The molecule has 0 radical (unpaired) electrons. The molecule has 2 N–H and O–H groups in total. The number of ether oxygens (including phenoxy) is 1. The van der Waals surface area contributed by atoms with Crippen LogP contribution in [0.1, 0.15) is 32.1 Å². The van der Waals surface area contributed by atoms with Gasteiger partial charge in [0.1, 0.15) is 11.1 Å². The summed E-state index contributed by atoms with van der Waals surface area (Å²) in [5.41, 5.74) is 0.112. The number of nitrogens with one attached hydrogen (secondary N) is 2. The van der Waals surface area contributed by atoms with Gasteiger partial charge < -0.3 is 15.0 Å². The van der Waals surface area contributed by atoms with E-state index < -0.39 is 11.7 Å². The lowest BCUT2D eigenvalue weighted by Gasteiger charge is -2.26. The zero-order valence-corrected chi connectivity index (χ0v) is 14.5. The van der Waals surface area contributed by atoms with Crippen molar-refractivity contribution in [1.82, 2.24) is 15.5 Å². The number of hydrogen-bond acceptors (Lipinski definition) is 6. The summed E-state index contributed by atoms with van der Waals surface area (Å²) in [6.07, 6.45) is 4.71. The number of rotatable bonds is 3. The molecule has 1 aromatic heterocycles. The average Bonchev–Trinajstić information content (AvgIpc) is 3.06. The van der Waals surface area contributed by atoms with E-state index in [1.165, 1.54) is 6.20 Å². The molecule has 3 rings (SSSR count). The molecule has 1 aliphatic carbocycles. The van der Waals surface area contributed by atoms with E-state index in [1.807, 2.05) is 4.90 Å². The number of hydrogen-bond donors (Lipinski definition) is 2. The Hall–Kier alpha value is -2.27. The van der Waals surface area contributed by atoms with E-state index in [9.17, 15) is 9.59 Å². The molecule has 9 heteroatoms. The quantitative estimate of drug-likeness (QED) is 0.845. The first-order valence-corrected chi connectivity index (χ1v) is 8.79. The topological polar surface area (TPSA) is 111 Å². The average molecular weight is 366 g/mol. The van der Waals surface area contributed by atoms with Crippen LogP contribution in [0, 0.1) is 17.2 Å². The van der Waals surface area contributed by atoms with E-state index in [1.54, 1.807) is 0 Å². The number of aromatic nitrogens is 2. The zero-order chi connectivity index (χ0) is 17.8. The molecule has 8 nitrogen and oxygen atoms in total. The summed E-state index contributed by atoms with van der Waals surface area (Å²) in [6, 6.07) is 2.35. The predicted octanol–water partition coefficient (Wildman–Crippen LogP) is 1.81. The van der Waals surface area contributed by atoms with Crippen molar-refractivity contribution < 1.29 is 9.53 Å². The van der Waals surface area contributed by atoms with Gasteiger partial charge in [-0.1, -0.05) is 11.6 Å². The number of halogens is 1. The van der Waals surface area contributed by atoms with Crippen molar-refractivity contribution in [2.24, 2.45) is 5.92 Å². The van der Waals surface area contributed by atoms with Crippen LogP contribution < -0.4 is 15.8 Å². The van der Waals surface area contributed by atoms with E-state index in [0.29, 0.717) is 25.2 Å². The monoisotopic (exact) mass is 365 g/mol. The van der Waals surface area contributed by atoms with Crippen LogP contribution in [-0.2, 0) is 4.74 Å². The smallest absolute Gasteiger partial charge is 0.407 e. The number of nitriles is 1. The van der Waals surface area contributed by atoms with Crippen molar-refractivity contribution in [3.63, 3.8) is 0 Å². The second-order valence-corrected chi connectivity index (χ2v) is 6.86. The number of carbonyl (C=O) groups is 1. The van der Waals surface area contributed by atoms with Crippen LogP contribution in [0.2, 0.25) is 5.02 Å². The van der Waals surface area contributed by atoms with Crippen molar-refractivity contribution >= 4 is 23.4 Å². The predicted molar refractivity (Wildman–Crippen MR) is 91.5 cm³/mol. The van der Waals surface area contributed by atoms with E-state index in [0.717, 1.165) is 25.7 Å². The van der Waals surface area contributed by atoms with E-state index in [4.69, 9.17) is 21.6 Å². The van der Waals surface area contributed by atoms with Crippen molar-refractivity contribution in [3.05, 3.63) is 21.6 Å². The van der Waals surface area contributed by atoms with Crippen molar-refractivity contribution in [1.29, 1.82) is 5.26 Å². The molecule has 1 saturated heterocycles. The Morgan fingerprint density at radius 3 is 2.88 bits per heavy atom. The maximum absolute atomic E-state index is 12.1. The molecule has 0 aromatic carbocycles. The Morgan fingerprint density at radius 2 is 2.16 bits per heavy atom.